The van der Waals surface area contributed by atoms with Crippen molar-refractivity contribution in [2.24, 2.45) is 0 Å². The Morgan fingerprint density at radius 3 is 2.52 bits per heavy atom. The van der Waals surface area contributed by atoms with Crippen molar-refractivity contribution in [3.63, 3.8) is 0 Å². The third kappa shape index (κ3) is 3.57. The molecule has 6 nitrogen and oxygen atoms in total. The monoisotopic (exact) mass is 354 g/mol. The van der Waals surface area contributed by atoms with Gasteiger partial charge >= 0.3 is 0 Å². The molecule has 1 aromatic carbocycles. The highest BCUT2D eigenvalue weighted by Gasteiger charge is 2.20. The Morgan fingerprint density at radius 1 is 1.08 bits per heavy atom. The van der Waals surface area contributed by atoms with Gasteiger partial charge in [0.15, 0.2) is 16.8 Å². The van der Waals surface area contributed by atoms with Gasteiger partial charge in [0.25, 0.3) is 0 Å². The van der Waals surface area contributed by atoms with Crippen molar-refractivity contribution in [1.82, 2.24) is 19.9 Å². The second-order valence-corrected chi connectivity index (χ2v) is 7.44. The van der Waals surface area contributed by atoms with E-state index >= 15 is 0 Å². The van der Waals surface area contributed by atoms with Crippen LogP contribution in [0, 0.1) is 0 Å². The minimum absolute atomic E-state index is 0.798. The first-order chi connectivity index (χ1) is 12.2. The number of benzene rings is 1. The first kappa shape index (κ1) is 16.2. The van der Waals surface area contributed by atoms with E-state index in [2.05, 4.69) is 25.5 Å². The number of aromatic nitrogens is 3. The summed E-state index contributed by atoms with van der Waals surface area (Å²) in [5.74, 6) is 1.73. The molecule has 1 aliphatic heterocycles. The molecule has 1 saturated heterocycles. The summed E-state index contributed by atoms with van der Waals surface area (Å²) in [5.41, 5.74) is 2.90. The van der Waals surface area contributed by atoms with E-state index in [9.17, 15) is 0 Å². The predicted molar refractivity (Wildman–Crippen MR) is 104 cm³/mol. The normalized spacial score (nSPS) is 14.6. The van der Waals surface area contributed by atoms with E-state index in [1.165, 1.54) is 12.8 Å². The molecular formula is C18H22N6S. The van der Waals surface area contributed by atoms with E-state index in [-0.39, 0.29) is 0 Å². The summed E-state index contributed by atoms with van der Waals surface area (Å²) in [4.78, 5) is 18.8. The van der Waals surface area contributed by atoms with Gasteiger partial charge in [-0.15, -0.1) is 11.3 Å². The Morgan fingerprint density at radius 2 is 1.80 bits per heavy atom. The van der Waals surface area contributed by atoms with Crippen LogP contribution in [0.4, 0.5) is 16.8 Å². The van der Waals surface area contributed by atoms with Crippen LogP contribution in [0.15, 0.2) is 29.6 Å². The van der Waals surface area contributed by atoms with Gasteiger partial charge in [0, 0.05) is 25.0 Å². The van der Waals surface area contributed by atoms with Crippen LogP contribution < -0.4 is 10.2 Å². The molecule has 3 aromatic rings. The SMILES string of the molecule is CN(C)Cc1csc(Nc2nc3ccccc3nc2N2CCCC2)n1. The molecule has 0 radical (unpaired) electrons. The van der Waals surface area contributed by atoms with E-state index in [4.69, 9.17) is 9.97 Å². The van der Waals surface area contributed by atoms with Crippen molar-refractivity contribution in [2.45, 2.75) is 19.4 Å². The number of rotatable bonds is 5. The highest BCUT2D eigenvalue weighted by atomic mass is 32.1. The minimum Gasteiger partial charge on any atom is -0.354 e. The summed E-state index contributed by atoms with van der Waals surface area (Å²) in [6.45, 7) is 2.90. The highest BCUT2D eigenvalue weighted by molar-refractivity contribution is 7.13. The predicted octanol–water partition coefficient (Wildman–Crippen LogP) is 3.49. The molecule has 25 heavy (non-hydrogen) atoms. The zero-order chi connectivity index (χ0) is 17.2. The van der Waals surface area contributed by atoms with E-state index in [1.807, 2.05) is 38.4 Å². The number of nitrogens with zero attached hydrogens (tertiary/aromatic N) is 5. The van der Waals surface area contributed by atoms with Crippen molar-refractivity contribution >= 4 is 39.1 Å². The number of para-hydroxylation sites is 2. The van der Waals surface area contributed by atoms with Crippen molar-refractivity contribution in [1.29, 1.82) is 0 Å². The van der Waals surface area contributed by atoms with E-state index < -0.39 is 0 Å². The van der Waals surface area contributed by atoms with Gasteiger partial charge < -0.3 is 15.1 Å². The van der Waals surface area contributed by atoms with Crippen molar-refractivity contribution in [2.75, 3.05) is 37.4 Å². The Kier molecular flexibility index (Phi) is 4.50. The van der Waals surface area contributed by atoms with Gasteiger partial charge in [0.2, 0.25) is 0 Å². The van der Waals surface area contributed by atoms with Crippen molar-refractivity contribution < 1.29 is 0 Å². The highest BCUT2D eigenvalue weighted by Crippen LogP contribution is 2.31. The fourth-order valence-electron chi connectivity index (χ4n) is 3.09. The average molecular weight is 354 g/mol. The molecule has 0 aliphatic carbocycles. The molecule has 0 atom stereocenters. The molecule has 1 aliphatic rings. The van der Waals surface area contributed by atoms with Crippen LogP contribution in [0.2, 0.25) is 0 Å². The van der Waals surface area contributed by atoms with Gasteiger partial charge in [-0.05, 0) is 39.1 Å². The fraction of sp³-hybridized carbons (Fsp3) is 0.389. The molecule has 3 heterocycles. The Hall–Kier alpha value is -2.25. The number of hydrogen-bond donors (Lipinski definition) is 1. The smallest absolute Gasteiger partial charge is 0.188 e. The molecule has 0 unspecified atom stereocenters. The Balaban J connectivity index is 1.69. The topological polar surface area (TPSA) is 57.2 Å². The van der Waals surface area contributed by atoms with Crippen molar-refractivity contribution in [3.05, 3.63) is 35.3 Å². The van der Waals surface area contributed by atoms with Gasteiger partial charge in [-0.25, -0.2) is 15.0 Å². The summed E-state index contributed by atoms with van der Waals surface area (Å²) in [6.07, 6.45) is 2.41. The zero-order valence-corrected chi connectivity index (χ0v) is 15.4. The van der Waals surface area contributed by atoms with Crippen LogP contribution in [0.1, 0.15) is 18.5 Å². The van der Waals surface area contributed by atoms with Crippen LogP contribution in [-0.4, -0.2) is 47.0 Å². The molecule has 1 fully saturated rings. The van der Waals surface area contributed by atoms with Crippen LogP contribution in [-0.2, 0) is 6.54 Å². The Bertz CT molecular complexity index is 869. The molecule has 0 amide bonds. The maximum Gasteiger partial charge on any atom is 0.188 e. The van der Waals surface area contributed by atoms with Gasteiger partial charge in [0.05, 0.1) is 16.7 Å². The van der Waals surface area contributed by atoms with E-state index in [1.54, 1.807) is 11.3 Å². The number of hydrogen-bond acceptors (Lipinski definition) is 7. The van der Waals surface area contributed by atoms with Gasteiger partial charge in [-0.1, -0.05) is 12.1 Å². The molecule has 0 spiro atoms. The van der Waals surface area contributed by atoms with E-state index in [0.29, 0.717) is 0 Å². The summed E-state index contributed by atoms with van der Waals surface area (Å²) >= 11 is 1.61. The van der Waals surface area contributed by atoms with E-state index in [0.717, 1.165) is 53.1 Å². The molecule has 2 aromatic heterocycles. The number of thiazole rings is 1. The summed E-state index contributed by atoms with van der Waals surface area (Å²) in [6, 6.07) is 8.02. The summed E-state index contributed by atoms with van der Waals surface area (Å²) in [7, 11) is 4.10. The second kappa shape index (κ2) is 6.93. The van der Waals surface area contributed by atoms with Crippen LogP contribution in [0.5, 0.6) is 0 Å². The van der Waals surface area contributed by atoms with Gasteiger partial charge in [0.1, 0.15) is 0 Å². The molecule has 130 valence electrons. The lowest BCUT2D eigenvalue weighted by atomic mass is 10.3. The van der Waals surface area contributed by atoms with Crippen LogP contribution in [0.25, 0.3) is 11.0 Å². The van der Waals surface area contributed by atoms with Gasteiger partial charge in [-0.2, -0.15) is 0 Å². The lowest BCUT2D eigenvalue weighted by Gasteiger charge is -2.20. The molecule has 0 saturated carbocycles. The Labute approximate surface area is 151 Å². The maximum absolute atomic E-state index is 4.88. The zero-order valence-electron chi connectivity index (χ0n) is 14.6. The first-order valence-corrected chi connectivity index (χ1v) is 9.45. The number of anilines is 3. The standard InChI is InChI=1S/C18H22N6S/c1-23(2)11-13-12-25-18(19-13)22-16-17(24-9-5-6-10-24)21-15-8-4-3-7-14(15)20-16/h3-4,7-8,12H,5-6,9-11H2,1-2H3,(H,19,20,22). The lowest BCUT2D eigenvalue weighted by molar-refractivity contribution is 0.398. The van der Waals surface area contributed by atoms with Gasteiger partial charge in [-0.3, -0.25) is 0 Å². The molecular weight excluding hydrogens is 332 g/mol. The largest absolute Gasteiger partial charge is 0.354 e. The lowest BCUT2D eigenvalue weighted by Crippen LogP contribution is -2.21. The maximum atomic E-state index is 4.88. The number of fused-ring (bicyclic) bond motifs is 1. The molecule has 7 heteroatoms. The average Bonchev–Trinajstić information content (AvgIpc) is 3.26. The quantitative estimate of drug-likeness (QED) is 0.757. The second-order valence-electron chi connectivity index (χ2n) is 6.59. The van der Waals surface area contributed by atoms with Crippen LogP contribution in [0.3, 0.4) is 0 Å². The fourth-order valence-corrected chi connectivity index (χ4v) is 3.79. The molecule has 0 bridgehead atoms. The van der Waals surface area contributed by atoms with Crippen LogP contribution >= 0.6 is 11.3 Å². The molecule has 1 N–H and O–H groups in total. The third-order valence-electron chi connectivity index (χ3n) is 4.21. The summed E-state index contributed by atoms with van der Waals surface area (Å²) in [5, 5.41) is 6.36. The minimum atomic E-state index is 0.798. The third-order valence-corrected chi connectivity index (χ3v) is 5.02. The first-order valence-electron chi connectivity index (χ1n) is 8.57. The molecule has 4 rings (SSSR count). The van der Waals surface area contributed by atoms with Crippen molar-refractivity contribution in [3.8, 4) is 0 Å². The summed E-state index contributed by atoms with van der Waals surface area (Å²) < 4.78 is 0. The number of nitrogens with one attached hydrogen (secondary N) is 1.